The van der Waals surface area contributed by atoms with Crippen molar-refractivity contribution in [3.05, 3.63) is 72.2 Å². The molecule has 1 atom stereocenters. The van der Waals surface area contributed by atoms with Crippen LogP contribution in [-0.4, -0.2) is 26.9 Å². The standard InChI is InChI=1S/C20H19N3O/c1-15-19-7-4-12-22(19)13-14-23(15)20(24)9-8-16-10-11-21-18-6-3-2-5-17(16)18/h2-12,15H,13-14H2,1H3/b9-8-/t15-/m1/s1. The largest absolute Gasteiger partial charge is 0.348 e. The third-order valence-electron chi connectivity index (χ3n) is 4.71. The van der Waals surface area contributed by atoms with Crippen LogP contribution in [0.2, 0.25) is 0 Å². The molecule has 4 nitrogen and oxygen atoms in total. The van der Waals surface area contributed by atoms with Crippen molar-refractivity contribution in [1.82, 2.24) is 14.5 Å². The summed E-state index contributed by atoms with van der Waals surface area (Å²) in [4.78, 5) is 18.9. The summed E-state index contributed by atoms with van der Waals surface area (Å²) in [7, 11) is 0. The lowest BCUT2D eigenvalue weighted by molar-refractivity contribution is -0.129. The number of hydrogen-bond acceptors (Lipinski definition) is 2. The van der Waals surface area contributed by atoms with E-state index in [0.29, 0.717) is 0 Å². The highest BCUT2D eigenvalue weighted by molar-refractivity contribution is 5.95. The second-order valence-corrected chi connectivity index (χ2v) is 6.08. The lowest BCUT2D eigenvalue weighted by Gasteiger charge is -2.34. The molecule has 3 heterocycles. The van der Waals surface area contributed by atoms with E-state index in [4.69, 9.17) is 0 Å². The number of amides is 1. The molecule has 2 aromatic heterocycles. The van der Waals surface area contributed by atoms with Gasteiger partial charge in [0.2, 0.25) is 5.91 Å². The lowest BCUT2D eigenvalue weighted by Crippen LogP contribution is -2.39. The van der Waals surface area contributed by atoms with Crippen LogP contribution in [0.5, 0.6) is 0 Å². The number of carbonyl (C=O) groups excluding carboxylic acids is 1. The maximum absolute atomic E-state index is 12.7. The van der Waals surface area contributed by atoms with E-state index >= 15 is 0 Å². The number of rotatable bonds is 2. The van der Waals surface area contributed by atoms with Crippen molar-refractivity contribution in [2.45, 2.75) is 19.5 Å². The Morgan fingerprint density at radius 2 is 2.04 bits per heavy atom. The molecule has 4 rings (SSSR count). The van der Waals surface area contributed by atoms with Gasteiger partial charge in [0.25, 0.3) is 0 Å². The Labute approximate surface area is 141 Å². The van der Waals surface area contributed by atoms with Crippen LogP contribution in [0, 0.1) is 0 Å². The van der Waals surface area contributed by atoms with Gasteiger partial charge in [0.15, 0.2) is 0 Å². The first-order chi connectivity index (χ1) is 11.7. The van der Waals surface area contributed by atoms with Gasteiger partial charge in [0.1, 0.15) is 0 Å². The fourth-order valence-electron chi connectivity index (χ4n) is 3.40. The third kappa shape index (κ3) is 2.50. The van der Waals surface area contributed by atoms with Crippen LogP contribution in [0.1, 0.15) is 24.2 Å². The molecule has 120 valence electrons. The SMILES string of the molecule is C[C@@H]1c2cccn2CCN1C(=O)/C=C\c1ccnc2ccccc12. The summed E-state index contributed by atoms with van der Waals surface area (Å²) in [6.45, 7) is 3.67. The summed E-state index contributed by atoms with van der Waals surface area (Å²) in [6.07, 6.45) is 7.43. The molecule has 3 aromatic rings. The quantitative estimate of drug-likeness (QED) is 0.677. The molecule has 0 aliphatic carbocycles. The maximum Gasteiger partial charge on any atom is 0.247 e. The van der Waals surface area contributed by atoms with E-state index < -0.39 is 0 Å². The van der Waals surface area contributed by atoms with Crippen molar-refractivity contribution >= 4 is 22.9 Å². The van der Waals surface area contributed by atoms with Crippen LogP contribution in [-0.2, 0) is 11.3 Å². The molecule has 0 fully saturated rings. The number of benzene rings is 1. The zero-order chi connectivity index (χ0) is 16.5. The Hall–Kier alpha value is -2.88. The minimum Gasteiger partial charge on any atom is -0.348 e. The highest BCUT2D eigenvalue weighted by atomic mass is 16.2. The van der Waals surface area contributed by atoms with E-state index in [0.717, 1.165) is 29.6 Å². The maximum atomic E-state index is 12.7. The summed E-state index contributed by atoms with van der Waals surface area (Å²) in [5, 5.41) is 1.06. The van der Waals surface area contributed by atoms with Crippen LogP contribution < -0.4 is 0 Å². The summed E-state index contributed by atoms with van der Waals surface area (Å²) in [5.41, 5.74) is 3.15. The molecule has 1 amide bonds. The second kappa shape index (κ2) is 5.96. The molecular formula is C20H19N3O. The molecular weight excluding hydrogens is 298 g/mol. The highest BCUT2D eigenvalue weighted by Gasteiger charge is 2.25. The number of fused-ring (bicyclic) bond motifs is 2. The Bertz CT molecular complexity index is 920. The van der Waals surface area contributed by atoms with E-state index in [1.807, 2.05) is 47.4 Å². The molecule has 1 aliphatic heterocycles. The van der Waals surface area contributed by atoms with Gasteiger partial charge in [-0.05, 0) is 42.8 Å². The van der Waals surface area contributed by atoms with Gasteiger partial charge in [0.05, 0.1) is 11.6 Å². The summed E-state index contributed by atoms with van der Waals surface area (Å²) < 4.78 is 2.22. The Morgan fingerprint density at radius 3 is 2.96 bits per heavy atom. The molecule has 0 saturated heterocycles. The van der Waals surface area contributed by atoms with E-state index in [9.17, 15) is 4.79 Å². The number of hydrogen-bond donors (Lipinski definition) is 0. The first-order valence-corrected chi connectivity index (χ1v) is 8.21. The van der Waals surface area contributed by atoms with Gasteiger partial charge in [-0.1, -0.05) is 18.2 Å². The zero-order valence-electron chi connectivity index (χ0n) is 13.6. The van der Waals surface area contributed by atoms with Crippen molar-refractivity contribution in [1.29, 1.82) is 0 Å². The molecule has 4 heteroatoms. The predicted octanol–water partition coefficient (Wildman–Crippen LogP) is 3.65. The minimum absolute atomic E-state index is 0.0517. The normalized spacial score (nSPS) is 17.4. The van der Waals surface area contributed by atoms with Gasteiger partial charge < -0.3 is 9.47 Å². The lowest BCUT2D eigenvalue weighted by atomic mass is 10.1. The fourth-order valence-corrected chi connectivity index (χ4v) is 3.40. The Kier molecular flexibility index (Phi) is 3.65. The molecule has 0 N–H and O–H groups in total. The summed E-state index contributed by atoms with van der Waals surface area (Å²) in [6, 6.07) is 14.1. The predicted molar refractivity (Wildman–Crippen MR) is 95.3 cm³/mol. The summed E-state index contributed by atoms with van der Waals surface area (Å²) >= 11 is 0. The van der Waals surface area contributed by atoms with Gasteiger partial charge in [0, 0.05) is 42.6 Å². The second-order valence-electron chi connectivity index (χ2n) is 6.08. The first kappa shape index (κ1) is 14.7. The third-order valence-corrected chi connectivity index (χ3v) is 4.71. The van der Waals surface area contributed by atoms with E-state index in [1.54, 1.807) is 12.3 Å². The molecule has 0 radical (unpaired) electrons. The fraction of sp³-hybridized carbons (Fsp3) is 0.200. The van der Waals surface area contributed by atoms with Crippen molar-refractivity contribution < 1.29 is 4.79 Å². The van der Waals surface area contributed by atoms with Crippen molar-refractivity contribution in [2.24, 2.45) is 0 Å². The molecule has 24 heavy (non-hydrogen) atoms. The molecule has 0 bridgehead atoms. The number of pyridine rings is 1. The van der Waals surface area contributed by atoms with Gasteiger partial charge in [-0.15, -0.1) is 0 Å². The van der Waals surface area contributed by atoms with Crippen LogP contribution >= 0.6 is 0 Å². The van der Waals surface area contributed by atoms with Crippen molar-refractivity contribution in [3.63, 3.8) is 0 Å². The Morgan fingerprint density at radius 1 is 1.17 bits per heavy atom. The molecule has 0 spiro atoms. The monoisotopic (exact) mass is 317 g/mol. The number of para-hydroxylation sites is 1. The molecule has 0 unspecified atom stereocenters. The Balaban J connectivity index is 1.59. The smallest absolute Gasteiger partial charge is 0.247 e. The van der Waals surface area contributed by atoms with Gasteiger partial charge in [-0.25, -0.2) is 0 Å². The summed E-state index contributed by atoms with van der Waals surface area (Å²) in [5.74, 6) is 0.0517. The van der Waals surface area contributed by atoms with Crippen LogP contribution in [0.25, 0.3) is 17.0 Å². The highest BCUT2D eigenvalue weighted by Crippen LogP contribution is 2.26. The number of aromatic nitrogens is 2. The van der Waals surface area contributed by atoms with Gasteiger partial charge in [-0.3, -0.25) is 9.78 Å². The number of nitrogens with zero attached hydrogens (tertiary/aromatic N) is 3. The minimum atomic E-state index is 0.0517. The van der Waals surface area contributed by atoms with Crippen LogP contribution in [0.3, 0.4) is 0 Å². The van der Waals surface area contributed by atoms with E-state index in [1.165, 1.54) is 5.69 Å². The average Bonchev–Trinajstić information content (AvgIpc) is 3.09. The zero-order valence-corrected chi connectivity index (χ0v) is 13.6. The van der Waals surface area contributed by atoms with E-state index in [2.05, 4.69) is 28.7 Å². The number of carbonyl (C=O) groups is 1. The van der Waals surface area contributed by atoms with Crippen LogP contribution in [0.15, 0.2) is 60.9 Å². The van der Waals surface area contributed by atoms with Crippen molar-refractivity contribution in [2.75, 3.05) is 6.54 Å². The molecule has 1 aliphatic rings. The molecule has 1 aromatic carbocycles. The van der Waals surface area contributed by atoms with Gasteiger partial charge >= 0.3 is 0 Å². The van der Waals surface area contributed by atoms with E-state index in [-0.39, 0.29) is 11.9 Å². The topological polar surface area (TPSA) is 38.1 Å². The van der Waals surface area contributed by atoms with Gasteiger partial charge in [-0.2, -0.15) is 0 Å². The average molecular weight is 317 g/mol. The van der Waals surface area contributed by atoms with Crippen molar-refractivity contribution in [3.8, 4) is 0 Å². The van der Waals surface area contributed by atoms with Crippen LogP contribution in [0.4, 0.5) is 0 Å². The molecule has 0 saturated carbocycles. The first-order valence-electron chi connectivity index (χ1n) is 8.21.